The molecule has 8 nitrogen and oxygen atoms in total. The topological polar surface area (TPSA) is 106 Å². The number of H-pyrrole nitrogens is 1. The SMILES string of the molecule is CCc1c(O)n(Cc2nncn2C)c(=O)[nH]c1=O. The van der Waals surface area contributed by atoms with E-state index in [1.165, 1.54) is 6.33 Å². The number of aromatic nitrogens is 5. The molecule has 0 aliphatic rings. The van der Waals surface area contributed by atoms with Crippen molar-refractivity contribution in [3.05, 3.63) is 38.6 Å². The standard InChI is InChI=1S/C10H13N5O3/c1-3-6-8(16)12-10(18)15(9(6)17)4-7-13-11-5-14(7)2/h5,17H,3-4H2,1-2H3,(H,12,16,18). The molecule has 2 aromatic heterocycles. The zero-order valence-electron chi connectivity index (χ0n) is 10.0. The highest BCUT2D eigenvalue weighted by Gasteiger charge is 2.14. The van der Waals surface area contributed by atoms with Crippen LogP contribution >= 0.6 is 0 Å². The highest BCUT2D eigenvalue weighted by molar-refractivity contribution is 5.22. The van der Waals surface area contributed by atoms with Gasteiger partial charge in [0.15, 0.2) is 5.82 Å². The molecule has 96 valence electrons. The zero-order chi connectivity index (χ0) is 13.3. The smallest absolute Gasteiger partial charge is 0.331 e. The van der Waals surface area contributed by atoms with E-state index >= 15 is 0 Å². The van der Waals surface area contributed by atoms with Crippen LogP contribution < -0.4 is 11.2 Å². The number of hydrogen-bond donors (Lipinski definition) is 2. The van der Waals surface area contributed by atoms with E-state index in [4.69, 9.17) is 0 Å². The highest BCUT2D eigenvalue weighted by atomic mass is 16.3. The number of aryl methyl sites for hydroxylation is 1. The van der Waals surface area contributed by atoms with Gasteiger partial charge in [-0.3, -0.25) is 14.3 Å². The first-order chi connectivity index (χ1) is 8.54. The molecule has 2 rings (SSSR count). The lowest BCUT2D eigenvalue weighted by molar-refractivity contribution is 0.398. The number of nitrogens with one attached hydrogen (secondary N) is 1. The second-order valence-corrected chi connectivity index (χ2v) is 3.86. The van der Waals surface area contributed by atoms with Crippen molar-refractivity contribution in [2.75, 3.05) is 0 Å². The molecule has 0 radical (unpaired) electrons. The van der Waals surface area contributed by atoms with Gasteiger partial charge in [-0.05, 0) is 6.42 Å². The number of nitrogens with zero attached hydrogens (tertiary/aromatic N) is 4. The quantitative estimate of drug-likeness (QED) is 0.726. The number of hydrogen-bond acceptors (Lipinski definition) is 5. The molecule has 2 heterocycles. The van der Waals surface area contributed by atoms with Crippen molar-refractivity contribution in [1.29, 1.82) is 0 Å². The Kier molecular flexibility index (Phi) is 3.00. The largest absolute Gasteiger partial charge is 0.494 e. The maximum absolute atomic E-state index is 11.7. The van der Waals surface area contributed by atoms with Gasteiger partial charge in [0.2, 0.25) is 5.88 Å². The minimum atomic E-state index is -0.669. The Bertz CT molecular complexity index is 682. The second kappa shape index (κ2) is 4.47. The highest BCUT2D eigenvalue weighted by Crippen LogP contribution is 2.11. The maximum Gasteiger partial charge on any atom is 0.331 e. The fourth-order valence-corrected chi connectivity index (χ4v) is 1.66. The van der Waals surface area contributed by atoms with E-state index in [-0.39, 0.29) is 18.0 Å². The van der Waals surface area contributed by atoms with E-state index in [1.807, 2.05) is 0 Å². The second-order valence-electron chi connectivity index (χ2n) is 3.86. The van der Waals surface area contributed by atoms with Crippen molar-refractivity contribution < 1.29 is 5.11 Å². The minimum absolute atomic E-state index is 0.0466. The Morgan fingerprint density at radius 2 is 2.17 bits per heavy atom. The molecule has 0 spiro atoms. The number of aromatic amines is 1. The van der Waals surface area contributed by atoms with Gasteiger partial charge < -0.3 is 9.67 Å². The van der Waals surface area contributed by atoms with Crippen molar-refractivity contribution in [2.24, 2.45) is 7.05 Å². The van der Waals surface area contributed by atoms with Crippen LogP contribution in [0.1, 0.15) is 18.3 Å². The molecule has 0 atom stereocenters. The molecule has 0 fully saturated rings. The van der Waals surface area contributed by atoms with E-state index < -0.39 is 11.2 Å². The van der Waals surface area contributed by atoms with E-state index in [9.17, 15) is 14.7 Å². The molecule has 2 N–H and O–H groups in total. The van der Waals surface area contributed by atoms with E-state index in [1.54, 1.807) is 18.5 Å². The van der Waals surface area contributed by atoms with Gasteiger partial charge in [-0.1, -0.05) is 6.92 Å². The fraction of sp³-hybridized carbons (Fsp3) is 0.400. The van der Waals surface area contributed by atoms with Gasteiger partial charge in [0, 0.05) is 7.05 Å². The normalized spacial score (nSPS) is 10.8. The summed E-state index contributed by atoms with van der Waals surface area (Å²) in [6, 6.07) is 0. The molecule has 0 aliphatic heterocycles. The Balaban J connectivity index is 2.55. The molecule has 0 saturated carbocycles. The molecule has 18 heavy (non-hydrogen) atoms. The third-order valence-electron chi connectivity index (χ3n) is 2.72. The van der Waals surface area contributed by atoms with Crippen LogP contribution in [-0.4, -0.2) is 29.4 Å². The van der Waals surface area contributed by atoms with Gasteiger partial charge in [0.25, 0.3) is 5.56 Å². The number of aromatic hydroxyl groups is 1. The van der Waals surface area contributed by atoms with Crippen LogP contribution in [0, 0.1) is 0 Å². The molecule has 0 amide bonds. The summed E-state index contributed by atoms with van der Waals surface area (Å²) in [5.41, 5.74) is -1.05. The lowest BCUT2D eigenvalue weighted by Crippen LogP contribution is -2.32. The summed E-state index contributed by atoms with van der Waals surface area (Å²) in [7, 11) is 1.73. The molecule has 2 aromatic rings. The van der Waals surface area contributed by atoms with Crippen molar-refractivity contribution in [1.82, 2.24) is 24.3 Å². The third kappa shape index (κ3) is 1.92. The van der Waals surface area contributed by atoms with Crippen LogP contribution in [0.15, 0.2) is 15.9 Å². The minimum Gasteiger partial charge on any atom is -0.494 e. The summed E-state index contributed by atoms with van der Waals surface area (Å²) in [5, 5.41) is 17.4. The summed E-state index contributed by atoms with van der Waals surface area (Å²) in [4.78, 5) is 25.3. The first kappa shape index (κ1) is 12.1. The predicted molar refractivity (Wildman–Crippen MR) is 62.5 cm³/mol. The van der Waals surface area contributed by atoms with Gasteiger partial charge in [-0.25, -0.2) is 4.79 Å². The maximum atomic E-state index is 11.7. The Hall–Kier alpha value is -2.38. The predicted octanol–water partition coefficient (Wildman–Crippen LogP) is -1.02. The molecule has 0 saturated heterocycles. The number of rotatable bonds is 3. The monoisotopic (exact) mass is 251 g/mol. The Morgan fingerprint density at radius 1 is 1.44 bits per heavy atom. The molecule has 0 unspecified atom stereocenters. The molecule has 0 bridgehead atoms. The van der Waals surface area contributed by atoms with Crippen LogP contribution in [-0.2, 0) is 20.0 Å². The molecule has 0 aliphatic carbocycles. The van der Waals surface area contributed by atoms with E-state index in [2.05, 4.69) is 15.2 Å². The summed E-state index contributed by atoms with van der Waals surface area (Å²) < 4.78 is 2.69. The van der Waals surface area contributed by atoms with Gasteiger partial charge in [-0.2, -0.15) is 0 Å². The average Bonchev–Trinajstić information content (AvgIpc) is 2.70. The first-order valence-electron chi connectivity index (χ1n) is 5.42. The van der Waals surface area contributed by atoms with Crippen LogP contribution in [0.5, 0.6) is 5.88 Å². The third-order valence-corrected chi connectivity index (χ3v) is 2.72. The lowest BCUT2D eigenvalue weighted by Gasteiger charge is -2.09. The van der Waals surface area contributed by atoms with E-state index in [0.717, 1.165) is 4.57 Å². The first-order valence-corrected chi connectivity index (χ1v) is 5.42. The van der Waals surface area contributed by atoms with Crippen LogP contribution in [0.2, 0.25) is 0 Å². The van der Waals surface area contributed by atoms with Gasteiger partial charge >= 0.3 is 5.69 Å². The molecular formula is C10H13N5O3. The molecule has 8 heteroatoms. The van der Waals surface area contributed by atoms with E-state index in [0.29, 0.717) is 12.2 Å². The summed E-state index contributed by atoms with van der Waals surface area (Å²) in [6.07, 6.45) is 1.82. The van der Waals surface area contributed by atoms with Crippen LogP contribution in [0.4, 0.5) is 0 Å². The van der Waals surface area contributed by atoms with Gasteiger partial charge in [-0.15, -0.1) is 10.2 Å². The Morgan fingerprint density at radius 3 is 2.72 bits per heavy atom. The molecule has 0 aromatic carbocycles. The summed E-state index contributed by atoms with van der Waals surface area (Å²) in [6.45, 7) is 1.77. The average molecular weight is 251 g/mol. The van der Waals surface area contributed by atoms with Crippen molar-refractivity contribution >= 4 is 0 Å². The lowest BCUT2D eigenvalue weighted by atomic mass is 10.2. The summed E-state index contributed by atoms with van der Waals surface area (Å²) in [5.74, 6) is 0.177. The van der Waals surface area contributed by atoms with Crippen LogP contribution in [0.25, 0.3) is 0 Å². The zero-order valence-corrected chi connectivity index (χ0v) is 10.0. The molecular weight excluding hydrogens is 238 g/mol. The Labute approximate surface area is 102 Å². The summed E-state index contributed by atoms with van der Waals surface area (Å²) >= 11 is 0. The van der Waals surface area contributed by atoms with Crippen LogP contribution in [0.3, 0.4) is 0 Å². The van der Waals surface area contributed by atoms with Gasteiger partial charge in [0.1, 0.15) is 6.33 Å². The van der Waals surface area contributed by atoms with Gasteiger partial charge in [0.05, 0.1) is 12.1 Å². The fourth-order valence-electron chi connectivity index (χ4n) is 1.66. The van der Waals surface area contributed by atoms with Crippen molar-refractivity contribution in [3.63, 3.8) is 0 Å². The van der Waals surface area contributed by atoms with Crippen molar-refractivity contribution in [2.45, 2.75) is 19.9 Å². The van der Waals surface area contributed by atoms with Crippen molar-refractivity contribution in [3.8, 4) is 5.88 Å².